The molecule has 2 saturated heterocycles. The molecule has 0 saturated carbocycles. The molecule has 8 nitrogen and oxygen atoms in total. The van der Waals surface area contributed by atoms with Gasteiger partial charge in [-0.2, -0.15) is 0 Å². The first kappa shape index (κ1) is 11.6. The zero-order valence-corrected chi connectivity index (χ0v) is 9.28. The number of fused-ring (bicyclic) bond motifs is 2. The minimum absolute atomic E-state index is 0.0734. The summed E-state index contributed by atoms with van der Waals surface area (Å²) in [4.78, 5) is 24.7. The van der Waals surface area contributed by atoms with E-state index in [1.807, 2.05) is 0 Å². The van der Waals surface area contributed by atoms with Crippen LogP contribution in [0.4, 0.5) is 0 Å². The van der Waals surface area contributed by atoms with Crippen LogP contribution in [0.2, 0.25) is 0 Å². The van der Waals surface area contributed by atoms with Gasteiger partial charge in [0.25, 0.3) is 5.56 Å². The summed E-state index contributed by atoms with van der Waals surface area (Å²) in [5, 5.41) is 19.2. The molecule has 0 aromatic carbocycles. The number of ether oxygens (including phenoxy) is 2. The van der Waals surface area contributed by atoms with Crippen molar-refractivity contribution < 1.29 is 19.7 Å². The number of aliphatic hydroxyl groups excluding tert-OH is 2. The summed E-state index contributed by atoms with van der Waals surface area (Å²) in [6.45, 7) is -0.330. The molecule has 4 atom stereocenters. The van der Waals surface area contributed by atoms with Crippen LogP contribution in [0, 0.1) is 0 Å². The lowest BCUT2D eigenvalue weighted by atomic mass is 10.0. The monoisotopic (exact) mass is 256 g/mol. The van der Waals surface area contributed by atoms with Crippen molar-refractivity contribution in [1.29, 1.82) is 0 Å². The quantitative estimate of drug-likeness (QED) is 0.541. The topological polar surface area (TPSA) is 114 Å². The molecule has 8 heteroatoms. The van der Waals surface area contributed by atoms with E-state index in [0.29, 0.717) is 0 Å². The van der Waals surface area contributed by atoms with E-state index >= 15 is 0 Å². The Bertz CT molecular complexity index is 580. The largest absolute Gasteiger partial charge is 0.393 e. The maximum atomic E-state index is 11.6. The van der Waals surface area contributed by atoms with Gasteiger partial charge in [-0.05, 0) is 0 Å². The van der Waals surface area contributed by atoms with Gasteiger partial charge >= 0.3 is 5.69 Å². The highest BCUT2D eigenvalue weighted by Gasteiger charge is 2.61. The zero-order chi connectivity index (χ0) is 12.9. The van der Waals surface area contributed by atoms with Crippen LogP contribution in [0.1, 0.15) is 6.23 Å². The SMILES string of the molecule is O=c1ccn([C@@H]2O[C@@]3(CO)CO[C@H]2[C@@H]3O)c(=O)[nH]1. The third kappa shape index (κ3) is 1.40. The lowest BCUT2D eigenvalue weighted by molar-refractivity contribution is -0.187. The maximum Gasteiger partial charge on any atom is 0.330 e. The summed E-state index contributed by atoms with van der Waals surface area (Å²) in [5.74, 6) is 0. The zero-order valence-electron chi connectivity index (χ0n) is 9.28. The van der Waals surface area contributed by atoms with Crippen LogP contribution in [0.5, 0.6) is 0 Å². The van der Waals surface area contributed by atoms with Crippen LogP contribution in [0.3, 0.4) is 0 Å². The van der Waals surface area contributed by atoms with Gasteiger partial charge in [-0.15, -0.1) is 0 Å². The molecule has 3 rings (SSSR count). The third-order valence-corrected chi connectivity index (χ3v) is 3.40. The molecule has 3 N–H and O–H groups in total. The molecule has 98 valence electrons. The number of nitrogens with zero attached hydrogens (tertiary/aromatic N) is 1. The van der Waals surface area contributed by atoms with Crippen LogP contribution < -0.4 is 11.2 Å². The molecule has 0 radical (unpaired) electrons. The average Bonchev–Trinajstić information content (AvgIpc) is 2.81. The van der Waals surface area contributed by atoms with Crippen molar-refractivity contribution in [1.82, 2.24) is 9.55 Å². The highest BCUT2D eigenvalue weighted by molar-refractivity contribution is 5.07. The Morgan fingerprint density at radius 3 is 2.94 bits per heavy atom. The van der Waals surface area contributed by atoms with Crippen molar-refractivity contribution in [3.8, 4) is 0 Å². The second-order valence-electron chi connectivity index (χ2n) is 4.47. The second-order valence-corrected chi connectivity index (χ2v) is 4.47. The third-order valence-electron chi connectivity index (χ3n) is 3.40. The first-order valence-electron chi connectivity index (χ1n) is 5.47. The molecule has 2 fully saturated rings. The fourth-order valence-electron chi connectivity index (χ4n) is 2.38. The summed E-state index contributed by atoms with van der Waals surface area (Å²) in [6.07, 6.45) is -1.33. The van der Waals surface area contributed by atoms with Crippen LogP contribution >= 0.6 is 0 Å². The standard InChI is InChI=1S/C10H12N2O6/c13-3-10-4-17-6(7(10)15)8(18-10)12-2-1-5(14)11-9(12)16/h1-2,6-8,13,15H,3-4H2,(H,11,14,16)/t6-,7-,8+,10-/m0/s1. The van der Waals surface area contributed by atoms with E-state index in [0.717, 1.165) is 4.57 Å². The molecule has 2 aliphatic rings. The maximum absolute atomic E-state index is 11.6. The first-order chi connectivity index (χ1) is 8.57. The fourth-order valence-corrected chi connectivity index (χ4v) is 2.38. The molecule has 18 heavy (non-hydrogen) atoms. The number of rotatable bonds is 2. The second kappa shape index (κ2) is 3.75. The molecule has 2 aliphatic heterocycles. The van der Waals surface area contributed by atoms with E-state index in [1.165, 1.54) is 12.3 Å². The number of hydrogen-bond acceptors (Lipinski definition) is 6. The number of nitrogens with one attached hydrogen (secondary N) is 1. The Balaban J connectivity index is 2.01. The van der Waals surface area contributed by atoms with Gasteiger partial charge in [0.15, 0.2) is 6.23 Å². The highest BCUT2D eigenvalue weighted by atomic mass is 16.7. The Morgan fingerprint density at radius 2 is 2.33 bits per heavy atom. The minimum atomic E-state index is -1.19. The van der Waals surface area contributed by atoms with E-state index in [4.69, 9.17) is 9.47 Å². The Hall–Kier alpha value is -1.48. The van der Waals surface area contributed by atoms with E-state index in [2.05, 4.69) is 4.98 Å². The van der Waals surface area contributed by atoms with Gasteiger partial charge in [-0.3, -0.25) is 14.3 Å². The van der Waals surface area contributed by atoms with Gasteiger partial charge in [-0.1, -0.05) is 0 Å². The van der Waals surface area contributed by atoms with E-state index < -0.39 is 41.9 Å². The summed E-state index contributed by atoms with van der Waals surface area (Å²) < 4.78 is 12.0. The van der Waals surface area contributed by atoms with Crippen LogP contribution in [-0.4, -0.2) is 50.8 Å². The minimum Gasteiger partial charge on any atom is -0.393 e. The molecule has 0 amide bonds. The van der Waals surface area contributed by atoms with Crippen molar-refractivity contribution in [2.75, 3.05) is 13.2 Å². The number of H-pyrrole nitrogens is 1. The Kier molecular flexibility index (Phi) is 2.42. The van der Waals surface area contributed by atoms with E-state index in [1.54, 1.807) is 0 Å². The number of aromatic nitrogens is 2. The lowest BCUT2D eigenvalue weighted by Gasteiger charge is -2.29. The van der Waals surface area contributed by atoms with Gasteiger partial charge in [-0.25, -0.2) is 4.79 Å². The number of hydrogen-bond donors (Lipinski definition) is 3. The summed E-state index contributed by atoms with van der Waals surface area (Å²) in [5.41, 5.74) is -2.35. The first-order valence-corrected chi connectivity index (χ1v) is 5.47. The van der Waals surface area contributed by atoms with Gasteiger partial charge in [0.1, 0.15) is 17.8 Å². The number of aromatic amines is 1. The van der Waals surface area contributed by atoms with Gasteiger partial charge in [0, 0.05) is 12.3 Å². The Labute approximate surface area is 100 Å². The molecule has 0 spiro atoms. The van der Waals surface area contributed by atoms with Crippen molar-refractivity contribution >= 4 is 0 Å². The number of aliphatic hydroxyl groups is 2. The van der Waals surface area contributed by atoms with Crippen molar-refractivity contribution in [3.63, 3.8) is 0 Å². The molecule has 0 unspecified atom stereocenters. The molecular formula is C10H12N2O6. The summed E-state index contributed by atoms with van der Waals surface area (Å²) >= 11 is 0. The lowest BCUT2D eigenvalue weighted by Crippen LogP contribution is -2.44. The van der Waals surface area contributed by atoms with Gasteiger partial charge < -0.3 is 19.7 Å². The summed E-state index contributed by atoms with van der Waals surface area (Å²) in [7, 11) is 0. The fraction of sp³-hybridized carbons (Fsp3) is 0.600. The average molecular weight is 256 g/mol. The van der Waals surface area contributed by atoms with Crippen molar-refractivity contribution in [2.24, 2.45) is 0 Å². The van der Waals surface area contributed by atoms with E-state index in [9.17, 15) is 19.8 Å². The smallest absolute Gasteiger partial charge is 0.330 e. The normalized spacial score (nSPS) is 38.2. The predicted molar refractivity (Wildman–Crippen MR) is 57.0 cm³/mol. The van der Waals surface area contributed by atoms with Gasteiger partial charge in [0.2, 0.25) is 0 Å². The highest BCUT2D eigenvalue weighted by Crippen LogP contribution is 2.43. The molecular weight excluding hydrogens is 244 g/mol. The molecule has 1 aromatic rings. The van der Waals surface area contributed by atoms with Crippen molar-refractivity contribution in [2.45, 2.75) is 24.0 Å². The van der Waals surface area contributed by atoms with Crippen LogP contribution in [-0.2, 0) is 9.47 Å². The van der Waals surface area contributed by atoms with Crippen molar-refractivity contribution in [3.05, 3.63) is 33.1 Å². The van der Waals surface area contributed by atoms with E-state index in [-0.39, 0.29) is 6.61 Å². The van der Waals surface area contributed by atoms with Crippen LogP contribution in [0.25, 0.3) is 0 Å². The molecule has 0 aliphatic carbocycles. The van der Waals surface area contributed by atoms with Crippen LogP contribution in [0.15, 0.2) is 21.9 Å². The van der Waals surface area contributed by atoms with Gasteiger partial charge in [0.05, 0.1) is 13.2 Å². The summed E-state index contributed by atoms with van der Waals surface area (Å²) in [6, 6.07) is 1.18. The molecule has 1 aromatic heterocycles. The Morgan fingerprint density at radius 1 is 1.56 bits per heavy atom. The molecule has 3 heterocycles. The predicted octanol–water partition coefficient (Wildman–Crippen LogP) is -2.44. The molecule has 2 bridgehead atoms.